The van der Waals surface area contributed by atoms with Gasteiger partial charge in [0.2, 0.25) is 0 Å². The van der Waals surface area contributed by atoms with Crippen LogP contribution in [-0.2, 0) is 4.74 Å². The number of rotatable bonds is 4. The van der Waals surface area contributed by atoms with Crippen LogP contribution < -0.4 is 4.74 Å². The molecule has 1 heterocycles. The molecule has 0 aliphatic carbocycles. The van der Waals surface area contributed by atoms with Crippen molar-refractivity contribution < 1.29 is 14.3 Å². The number of carbonyl (C=O) groups excluding carboxylic acids is 1. The lowest BCUT2D eigenvalue weighted by molar-refractivity contribution is 0.0538. The van der Waals surface area contributed by atoms with Crippen LogP contribution in [0.15, 0.2) is 30.6 Å². The van der Waals surface area contributed by atoms with Crippen molar-refractivity contribution in [3.63, 3.8) is 0 Å². The van der Waals surface area contributed by atoms with Crippen LogP contribution in [0.3, 0.4) is 0 Å². The Bertz CT molecular complexity index is 653. The molecule has 0 unspecified atom stereocenters. The highest BCUT2D eigenvalue weighted by Gasteiger charge is 2.17. The van der Waals surface area contributed by atoms with Crippen LogP contribution in [0.5, 0.6) is 5.75 Å². The summed E-state index contributed by atoms with van der Waals surface area (Å²) in [6, 6.07) is 5.80. The van der Waals surface area contributed by atoms with E-state index in [4.69, 9.17) is 9.47 Å². The first-order valence-electron chi connectivity index (χ1n) is 7.37. The molecule has 0 amide bonds. The molecule has 0 aliphatic rings. The van der Waals surface area contributed by atoms with Gasteiger partial charge in [-0.05, 0) is 53.1 Å². The monoisotopic (exact) mass is 304 g/mol. The highest BCUT2D eigenvalue weighted by Crippen LogP contribution is 2.22. The van der Waals surface area contributed by atoms with Gasteiger partial charge in [0.1, 0.15) is 18.0 Å². The van der Waals surface area contributed by atoms with Crippen molar-refractivity contribution in [3.8, 4) is 5.75 Å². The van der Waals surface area contributed by atoms with E-state index in [0.29, 0.717) is 6.61 Å². The van der Waals surface area contributed by atoms with Crippen LogP contribution in [0.2, 0.25) is 0 Å². The standard InChI is InChI=1S/C17H24N2O3/c1-17(2,3)22-16(20)19-11-13-6-7-15(10-14(13)12-19)21-9-8-18(4)5/h6-7,10-12H,8-9H2,1-5H3. The summed E-state index contributed by atoms with van der Waals surface area (Å²) < 4.78 is 12.5. The van der Waals surface area contributed by atoms with Gasteiger partial charge in [-0.1, -0.05) is 0 Å². The highest BCUT2D eigenvalue weighted by molar-refractivity contribution is 5.88. The second kappa shape index (κ2) is 6.40. The molecule has 0 atom stereocenters. The van der Waals surface area contributed by atoms with Gasteiger partial charge in [-0.2, -0.15) is 0 Å². The Kier molecular flexibility index (Phi) is 4.76. The van der Waals surface area contributed by atoms with Crippen molar-refractivity contribution >= 4 is 16.9 Å². The molecule has 120 valence electrons. The Morgan fingerprint density at radius 1 is 1.18 bits per heavy atom. The third-order valence-electron chi connectivity index (χ3n) is 3.03. The van der Waals surface area contributed by atoms with Crippen LogP contribution in [0, 0.1) is 0 Å². The molecule has 5 nitrogen and oxygen atoms in total. The number of fused-ring (bicyclic) bond motifs is 1. The van der Waals surface area contributed by atoms with Gasteiger partial charge in [-0.3, -0.25) is 4.57 Å². The lowest BCUT2D eigenvalue weighted by Crippen LogP contribution is -2.26. The maximum Gasteiger partial charge on any atom is 0.418 e. The predicted octanol–water partition coefficient (Wildman–Crippen LogP) is 3.36. The fraction of sp³-hybridized carbons (Fsp3) is 0.471. The molecule has 0 saturated heterocycles. The lowest BCUT2D eigenvalue weighted by atomic mass is 10.2. The van der Waals surface area contributed by atoms with E-state index in [1.165, 1.54) is 4.57 Å². The highest BCUT2D eigenvalue weighted by atomic mass is 16.6. The molecule has 2 aromatic rings. The normalized spacial score (nSPS) is 11.9. The average molecular weight is 304 g/mol. The van der Waals surface area contributed by atoms with E-state index >= 15 is 0 Å². The molecule has 0 spiro atoms. The SMILES string of the molecule is CN(C)CCOc1ccc2cn(C(=O)OC(C)(C)C)cc2c1. The number of aromatic nitrogens is 1. The molecule has 1 aromatic heterocycles. The van der Waals surface area contributed by atoms with Crippen LogP contribution in [0.4, 0.5) is 4.79 Å². The van der Waals surface area contributed by atoms with Crippen molar-refractivity contribution in [1.82, 2.24) is 9.47 Å². The molecule has 0 N–H and O–H groups in total. The van der Waals surface area contributed by atoms with Crippen molar-refractivity contribution in [2.75, 3.05) is 27.2 Å². The molecule has 22 heavy (non-hydrogen) atoms. The Labute approximate surface area is 131 Å². The van der Waals surface area contributed by atoms with Gasteiger partial charge in [0.05, 0.1) is 0 Å². The molecule has 5 heteroatoms. The van der Waals surface area contributed by atoms with Crippen molar-refractivity contribution in [2.45, 2.75) is 26.4 Å². The summed E-state index contributed by atoms with van der Waals surface area (Å²) in [4.78, 5) is 14.1. The summed E-state index contributed by atoms with van der Waals surface area (Å²) in [5.41, 5.74) is -0.506. The van der Waals surface area contributed by atoms with Gasteiger partial charge in [0, 0.05) is 29.7 Å². The predicted molar refractivity (Wildman–Crippen MR) is 87.6 cm³/mol. The zero-order valence-corrected chi connectivity index (χ0v) is 13.9. The zero-order chi connectivity index (χ0) is 16.3. The molecular weight excluding hydrogens is 280 g/mol. The molecule has 1 aromatic carbocycles. The number of hydrogen-bond acceptors (Lipinski definition) is 4. The van der Waals surface area contributed by atoms with Gasteiger partial charge in [0.15, 0.2) is 0 Å². The number of benzene rings is 1. The smallest absolute Gasteiger partial charge is 0.418 e. The van der Waals surface area contributed by atoms with Crippen LogP contribution in [0.25, 0.3) is 10.8 Å². The first kappa shape index (κ1) is 16.4. The summed E-state index contributed by atoms with van der Waals surface area (Å²) in [5, 5.41) is 1.93. The van der Waals surface area contributed by atoms with Gasteiger partial charge in [0.25, 0.3) is 0 Å². The van der Waals surface area contributed by atoms with E-state index in [0.717, 1.165) is 23.1 Å². The van der Waals surface area contributed by atoms with Crippen molar-refractivity contribution in [3.05, 3.63) is 30.6 Å². The summed E-state index contributed by atoms with van der Waals surface area (Å²) in [7, 11) is 4.01. The molecule has 0 radical (unpaired) electrons. The number of likely N-dealkylation sites (N-methyl/N-ethyl adjacent to an activating group) is 1. The Morgan fingerprint density at radius 3 is 2.50 bits per heavy atom. The quantitative estimate of drug-likeness (QED) is 0.868. The second-order valence-corrected chi connectivity index (χ2v) is 6.59. The third kappa shape index (κ3) is 4.49. The third-order valence-corrected chi connectivity index (χ3v) is 3.03. The minimum absolute atomic E-state index is 0.376. The Morgan fingerprint density at radius 2 is 1.86 bits per heavy atom. The van der Waals surface area contributed by atoms with E-state index in [2.05, 4.69) is 4.90 Å². The fourth-order valence-corrected chi connectivity index (χ4v) is 1.98. The maximum atomic E-state index is 12.1. The number of ether oxygens (including phenoxy) is 2. The van der Waals surface area contributed by atoms with E-state index in [1.54, 1.807) is 12.4 Å². The summed E-state index contributed by atoms with van der Waals surface area (Å²) in [6.07, 6.45) is 3.16. The van der Waals surface area contributed by atoms with Crippen LogP contribution in [0.1, 0.15) is 20.8 Å². The van der Waals surface area contributed by atoms with Crippen LogP contribution in [-0.4, -0.2) is 48.4 Å². The van der Waals surface area contributed by atoms with Gasteiger partial charge in [-0.25, -0.2) is 4.79 Å². The number of nitrogens with zero attached hydrogens (tertiary/aromatic N) is 2. The molecular formula is C17H24N2O3. The lowest BCUT2D eigenvalue weighted by Gasteiger charge is -2.19. The van der Waals surface area contributed by atoms with E-state index < -0.39 is 5.60 Å². The molecule has 0 bridgehead atoms. The first-order chi connectivity index (χ1) is 10.2. The van der Waals surface area contributed by atoms with Gasteiger partial charge >= 0.3 is 6.09 Å². The molecule has 2 rings (SSSR count). The molecule has 0 saturated carbocycles. The Hall–Kier alpha value is -2.01. The van der Waals surface area contributed by atoms with Crippen molar-refractivity contribution in [1.29, 1.82) is 0 Å². The number of carbonyl (C=O) groups is 1. The maximum absolute atomic E-state index is 12.1. The van der Waals surface area contributed by atoms with E-state index in [9.17, 15) is 4.79 Å². The minimum atomic E-state index is -0.506. The number of hydrogen-bond donors (Lipinski definition) is 0. The fourth-order valence-electron chi connectivity index (χ4n) is 1.98. The van der Waals surface area contributed by atoms with E-state index in [-0.39, 0.29) is 6.09 Å². The summed E-state index contributed by atoms with van der Waals surface area (Å²) >= 11 is 0. The van der Waals surface area contributed by atoms with Gasteiger partial charge < -0.3 is 14.4 Å². The molecule has 0 fully saturated rings. The topological polar surface area (TPSA) is 43.7 Å². The zero-order valence-electron chi connectivity index (χ0n) is 13.9. The van der Waals surface area contributed by atoms with Crippen LogP contribution >= 0.6 is 0 Å². The van der Waals surface area contributed by atoms with Gasteiger partial charge in [-0.15, -0.1) is 0 Å². The summed E-state index contributed by atoms with van der Waals surface area (Å²) in [5.74, 6) is 0.802. The van der Waals surface area contributed by atoms with Crippen molar-refractivity contribution in [2.24, 2.45) is 0 Å². The first-order valence-corrected chi connectivity index (χ1v) is 7.37. The molecule has 0 aliphatic heterocycles. The van der Waals surface area contributed by atoms with E-state index in [1.807, 2.05) is 53.1 Å². The largest absolute Gasteiger partial charge is 0.492 e. The Balaban J connectivity index is 2.12. The average Bonchev–Trinajstić information content (AvgIpc) is 2.79. The second-order valence-electron chi connectivity index (χ2n) is 6.59. The summed E-state index contributed by atoms with van der Waals surface area (Å²) in [6.45, 7) is 7.04. The minimum Gasteiger partial charge on any atom is -0.492 e.